The molecule has 6 nitrogen and oxygen atoms in total. The van der Waals surface area contributed by atoms with Crippen molar-refractivity contribution < 1.29 is 8.42 Å². The van der Waals surface area contributed by atoms with Crippen LogP contribution in [0.15, 0.2) is 18.5 Å². The topological polar surface area (TPSA) is 111 Å². The summed E-state index contributed by atoms with van der Waals surface area (Å²) < 4.78 is 21.2. The number of anilines is 2. The zero-order valence-corrected chi connectivity index (χ0v) is 9.00. The lowest BCUT2D eigenvalue weighted by molar-refractivity contribution is 0.596. The van der Waals surface area contributed by atoms with Crippen LogP contribution in [-0.2, 0) is 10.0 Å². The number of nitrogens with zero attached hydrogens (tertiary/aromatic N) is 1. The lowest BCUT2D eigenvalue weighted by Crippen LogP contribution is -2.18. The summed E-state index contributed by atoms with van der Waals surface area (Å²) in [5, 5.41) is 7.85. The number of primary sulfonamides is 1. The van der Waals surface area contributed by atoms with E-state index in [1.807, 2.05) is 0 Å². The van der Waals surface area contributed by atoms with Crippen molar-refractivity contribution >= 4 is 21.4 Å². The number of nitrogens with two attached hydrogens (primary N) is 2. The van der Waals surface area contributed by atoms with Gasteiger partial charge in [0.25, 0.3) is 0 Å². The van der Waals surface area contributed by atoms with Gasteiger partial charge in [0.15, 0.2) is 0 Å². The van der Waals surface area contributed by atoms with Gasteiger partial charge in [-0.3, -0.25) is 4.98 Å². The summed E-state index contributed by atoms with van der Waals surface area (Å²) in [6, 6.07) is 1.73. The fourth-order valence-electron chi connectivity index (χ4n) is 1.06. The van der Waals surface area contributed by atoms with Crippen LogP contribution in [0.1, 0.15) is 6.42 Å². The van der Waals surface area contributed by atoms with E-state index in [4.69, 9.17) is 10.9 Å². The fourth-order valence-corrected chi connectivity index (χ4v) is 1.61. The summed E-state index contributed by atoms with van der Waals surface area (Å²) in [6.07, 6.45) is 3.61. The summed E-state index contributed by atoms with van der Waals surface area (Å²) >= 11 is 0. The van der Waals surface area contributed by atoms with E-state index in [0.717, 1.165) is 5.69 Å². The number of nitrogens with one attached hydrogen (secondary N) is 1. The molecule has 0 bridgehead atoms. The second kappa shape index (κ2) is 4.94. The van der Waals surface area contributed by atoms with E-state index in [1.165, 1.54) is 6.20 Å². The van der Waals surface area contributed by atoms with E-state index in [-0.39, 0.29) is 5.75 Å². The molecule has 0 aromatic carbocycles. The molecule has 0 unspecified atom stereocenters. The van der Waals surface area contributed by atoms with Gasteiger partial charge in [-0.05, 0) is 12.5 Å². The van der Waals surface area contributed by atoms with Crippen molar-refractivity contribution in [3.8, 4) is 0 Å². The minimum absolute atomic E-state index is 0.0320. The maximum atomic E-state index is 10.6. The predicted octanol–water partition coefficient (Wildman–Crippen LogP) is -0.246. The van der Waals surface area contributed by atoms with E-state index in [2.05, 4.69) is 10.3 Å². The average Bonchev–Trinajstić information content (AvgIpc) is 2.11. The standard InChI is InChI=1S/C8H14N4O2S/c9-7-4-8(6-11-5-7)12-2-1-3-15(10,13)14/h4-6,12H,1-3,9H2,(H2,10,13,14). The third-order valence-corrected chi connectivity index (χ3v) is 2.55. The Balaban J connectivity index is 2.32. The first-order chi connectivity index (χ1) is 6.97. The van der Waals surface area contributed by atoms with Crippen LogP contribution in [0.4, 0.5) is 11.4 Å². The Labute approximate surface area is 88.7 Å². The zero-order valence-electron chi connectivity index (χ0n) is 8.18. The van der Waals surface area contributed by atoms with E-state index in [9.17, 15) is 8.42 Å². The van der Waals surface area contributed by atoms with Gasteiger partial charge in [0.1, 0.15) is 0 Å². The normalized spacial score (nSPS) is 11.3. The summed E-state index contributed by atoms with van der Waals surface area (Å²) in [5.74, 6) is -0.0320. The van der Waals surface area contributed by atoms with Gasteiger partial charge < -0.3 is 11.1 Å². The largest absolute Gasteiger partial charge is 0.397 e. The van der Waals surface area contributed by atoms with Crippen LogP contribution in [0.5, 0.6) is 0 Å². The van der Waals surface area contributed by atoms with Crippen molar-refractivity contribution in [3.63, 3.8) is 0 Å². The number of hydrogen-bond donors (Lipinski definition) is 3. The molecule has 7 heteroatoms. The highest BCUT2D eigenvalue weighted by atomic mass is 32.2. The highest BCUT2D eigenvalue weighted by Gasteiger charge is 2.01. The molecule has 1 heterocycles. The smallest absolute Gasteiger partial charge is 0.209 e. The first kappa shape index (κ1) is 11.7. The molecule has 0 atom stereocenters. The quantitative estimate of drug-likeness (QED) is 0.604. The van der Waals surface area contributed by atoms with Crippen LogP contribution in [0, 0.1) is 0 Å². The van der Waals surface area contributed by atoms with Crippen molar-refractivity contribution in [2.24, 2.45) is 5.14 Å². The molecule has 0 spiro atoms. The maximum absolute atomic E-state index is 10.6. The van der Waals surface area contributed by atoms with Gasteiger partial charge in [0, 0.05) is 12.7 Å². The Morgan fingerprint density at radius 3 is 2.73 bits per heavy atom. The second-order valence-corrected chi connectivity index (χ2v) is 4.89. The van der Waals surface area contributed by atoms with E-state index >= 15 is 0 Å². The van der Waals surface area contributed by atoms with Crippen LogP contribution in [-0.4, -0.2) is 25.7 Å². The lowest BCUT2D eigenvalue weighted by atomic mass is 10.3. The van der Waals surface area contributed by atoms with Gasteiger partial charge >= 0.3 is 0 Å². The SMILES string of the molecule is Nc1cncc(NCCCS(N)(=O)=O)c1. The molecule has 84 valence electrons. The molecule has 0 fully saturated rings. The molecule has 0 saturated carbocycles. The number of aromatic nitrogens is 1. The van der Waals surface area contributed by atoms with Crippen molar-refractivity contribution in [2.75, 3.05) is 23.3 Å². The van der Waals surface area contributed by atoms with Gasteiger partial charge in [-0.15, -0.1) is 0 Å². The molecule has 0 saturated heterocycles. The Morgan fingerprint density at radius 2 is 2.13 bits per heavy atom. The molecule has 0 radical (unpaired) electrons. The third kappa shape index (κ3) is 5.18. The zero-order chi connectivity index (χ0) is 11.3. The van der Waals surface area contributed by atoms with E-state index in [1.54, 1.807) is 12.3 Å². The molecular formula is C8H14N4O2S. The summed E-state index contributed by atoms with van der Waals surface area (Å²) in [7, 11) is -3.37. The Kier molecular flexibility index (Phi) is 3.87. The number of pyridine rings is 1. The molecule has 0 amide bonds. The van der Waals surface area contributed by atoms with Crippen LogP contribution in [0.3, 0.4) is 0 Å². The average molecular weight is 230 g/mol. The molecule has 1 aromatic rings. The molecule has 1 aromatic heterocycles. The van der Waals surface area contributed by atoms with Gasteiger partial charge in [0.2, 0.25) is 10.0 Å². The van der Waals surface area contributed by atoms with Crippen molar-refractivity contribution in [2.45, 2.75) is 6.42 Å². The van der Waals surface area contributed by atoms with E-state index < -0.39 is 10.0 Å². The molecule has 5 N–H and O–H groups in total. The van der Waals surface area contributed by atoms with Crippen LogP contribution < -0.4 is 16.2 Å². The molecule has 1 rings (SSSR count). The Bertz CT molecular complexity index is 418. The number of sulfonamides is 1. The van der Waals surface area contributed by atoms with Gasteiger partial charge in [-0.25, -0.2) is 13.6 Å². The summed E-state index contributed by atoms with van der Waals surface area (Å²) in [5.41, 5.74) is 6.84. The van der Waals surface area contributed by atoms with Crippen LogP contribution >= 0.6 is 0 Å². The lowest BCUT2D eigenvalue weighted by Gasteiger charge is -2.05. The first-order valence-electron chi connectivity index (χ1n) is 4.42. The van der Waals surface area contributed by atoms with E-state index in [0.29, 0.717) is 18.7 Å². The number of hydrogen-bond acceptors (Lipinski definition) is 5. The Hall–Kier alpha value is -1.34. The second-order valence-electron chi connectivity index (χ2n) is 3.15. The maximum Gasteiger partial charge on any atom is 0.209 e. The molecule has 0 aliphatic heterocycles. The summed E-state index contributed by atoms with van der Waals surface area (Å²) in [6.45, 7) is 0.515. The van der Waals surface area contributed by atoms with Crippen LogP contribution in [0.25, 0.3) is 0 Å². The third-order valence-electron chi connectivity index (χ3n) is 1.69. The first-order valence-corrected chi connectivity index (χ1v) is 6.14. The van der Waals surface area contributed by atoms with Gasteiger partial charge in [-0.2, -0.15) is 0 Å². The van der Waals surface area contributed by atoms with Crippen molar-refractivity contribution in [1.29, 1.82) is 0 Å². The highest BCUT2D eigenvalue weighted by Crippen LogP contribution is 2.08. The molecule has 0 aliphatic carbocycles. The summed E-state index contributed by atoms with van der Waals surface area (Å²) in [4.78, 5) is 3.88. The molecule has 0 aliphatic rings. The minimum Gasteiger partial charge on any atom is -0.397 e. The van der Waals surface area contributed by atoms with Gasteiger partial charge in [0.05, 0.1) is 23.3 Å². The molecular weight excluding hydrogens is 216 g/mol. The minimum atomic E-state index is -3.37. The highest BCUT2D eigenvalue weighted by molar-refractivity contribution is 7.89. The van der Waals surface area contributed by atoms with Crippen molar-refractivity contribution in [1.82, 2.24) is 4.98 Å². The van der Waals surface area contributed by atoms with Gasteiger partial charge in [-0.1, -0.05) is 0 Å². The fraction of sp³-hybridized carbons (Fsp3) is 0.375. The molecule has 15 heavy (non-hydrogen) atoms. The van der Waals surface area contributed by atoms with Crippen molar-refractivity contribution in [3.05, 3.63) is 18.5 Å². The monoisotopic (exact) mass is 230 g/mol. The number of rotatable bonds is 5. The predicted molar refractivity (Wildman–Crippen MR) is 59.7 cm³/mol. The number of nitrogen functional groups attached to an aromatic ring is 1. The Morgan fingerprint density at radius 1 is 1.40 bits per heavy atom. The van der Waals surface area contributed by atoms with Crippen LogP contribution in [0.2, 0.25) is 0 Å².